The molecule has 0 heterocycles. The summed E-state index contributed by atoms with van der Waals surface area (Å²) < 4.78 is 16.9. The highest BCUT2D eigenvalue weighted by molar-refractivity contribution is 5.71. The quantitative estimate of drug-likeness (QED) is 0.0261. The number of carbonyl (C=O) groups is 3. The third-order valence-corrected chi connectivity index (χ3v) is 13.4. The maximum Gasteiger partial charge on any atom is 0.306 e. The Balaban J connectivity index is 4.41. The van der Waals surface area contributed by atoms with Crippen LogP contribution in [0.1, 0.15) is 284 Å². The molecule has 0 bridgehead atoms. The minimum atomic E-state index is -0.799. The molecular weight excluding hydrogens is 961 g/mol. The second-order valence-electron chi connectivity index (χ2n) is 20.9. The van der Waals surface area contributed by atoms with Gasteiger partial charge >= 0.3 is 17.9 Å². The monoisotopic (exact) mass is 1080 g/mol. The van der Waals surface area contributed by atoms with E-state index in [0.29, 0.717) is 19.3 Å². The summed E-state index contributed by atoms with van der Waals surface area (Å²) in [5, 5.41) is 0. The molecule has 0 amide bonds. The number of unbranched alkanes of at least 4 members (excludes halogenated alkanes) is 24. The molecule has 78 heavy (non-hydrogen) atoms. The van der Waals surface area contributed by atoms with Crippen LogP contribution in [-0.2, 0) is 28.6 Å². The van der Waals surface area contributed by atoms with Crippen molar-refractivity contribution >= 4 is 17.9 Å². The van der Waals surface area contributed by atoms with Crippen LogP contribution >= 0.6 is 0 Å². The number of rotatable bonds is 57. The Morgan fingerprint density at radius 1 is 0.269 bits per heavy atom. The average molecular weight is 1080 g/mol. The smallest absolute Gasteiger partial charge is 0.306 e. The molecule has 0 aliphatic rings. The molecule has 6 nitrogen and oxygen atoms in total. The van der Waals surface area contributed by atoms with Crippen molar-refractivity contribution in [2.75, 3.05) is 13.2 Å². The maximum atomic E-state index is 12.9. The van der Waals surface area contributed by atoms with Crippen molar-refractivity contribution < 1.29 is 28.6 Å². The molecule has 0 aromatic carbocycles. The number of hydrogen-bond donors (Lipinski definition) is 0. The lowest BCUT2D eigenvalue weighted by molar-refractivity contribution is -0.167. The highest BCUT2D eigenvalue weighted by Crippen LogP contribution is 2.16. The van der Waals surface area contributed by atoms with Crippen molar-refractivity contribution in [3.63, 3.8) is 0 Å². The van der Waals surface area contributed by atoms with Crippen molar-refractivity contribution in [1.82, 2.24) is 0 Å². The van der Waals surface area contributed by atoms with Crippen molar-refractivity contribution in [1.29, 1.82) is 0 Å². The number of esters is 3. The molecule has 0 aliphatic heterocycles. The number of allylic oxidation sites excluding steroid dienone is 22. The second kappa shape index (κ2) is 65.1. The first-order chi connectivity index (χ1) is 38.5. The topological polar surface area (TPSA) is 78.9 Å². The van der Waals surface area contributed by atoms with Crippen LogP contribution in [0.25, 0.3) is 0 Å². The van der Waals surface area contributed by atoms with Gasteiger partial charge in [0.2, 0.25) is 0 Å². The zero-order chi connectivity index (χ0) is 56.4. The van der Waals surface area contributed by atoms with E-state index in [1.165, 1.54) is 109 Å². The zero-order valence-electron chi connectivity index (χ0n) is 50.6. The van der Waals surface area contributed by atoms with Gasteiger partial charge in [-0.05, 0) is 116 Å². The van der Waals surface area contributed by atoms with Gasteiger partial charge in [0.25, 0.3) is 0 Å². The highest BCUT2D eigenvalue weighted by Gasteiger charge is 2.19. The molecule has 0 saturated carbocycles. The van der Waals surface area contributed by atoms with E-state index in [9.17, 15) is 14.4 Å². The van der Waals surface area contributed by atoms with E-state index in [2.05, 4.69) is 154 Å². The number of hydrogen-bond acceptors (Lipinski definition) is 6. The fourth-order valence-electron chi connectivity index (χ4n) is 8.65. The molecule has 0 spiro atoms. The Morgan fingerprint density at radius 2 is 0.500 bits per heavy atom. The van der Waals surface area contributed by atoms with Gasteiger partial charge in [-0.3, -0.25) is 14.4 Å². The Hall–Kier alpha value is -4.45. The third-order valence-electron chi connectivity index (χ3n) is 13.4. The summed E-state index contributed by atoms with van der Waals surface area (Å²) in [5.41, 5.74) is 0. The lowest BCUT2D eigenvalue weighted by Gasteiger charge is -2.18. The molecule has 0 N–H and O–H groups in total. The minimum absolute atomic E-state index is 0.0918. The van der Waals surface area contributed by atoms with Crippen LogP contribution in [0.4, 0.5) is 0 Å². The third kappa shape index (κ3) is 62.4. The van der Waals surface area contributed by atoms with Crippen LogP contribution in [0.3, 0.4) is 0 Å². The molecule has 0 aliphatic carbocycles. The van der Waals surface area contributed by atoms with E-state index in [0.717, 1.165) is 135 Å². The first-order valence-electron chi connectivity index (χ1n) is 32.2. The lowest BCUT2D eigenvalue weighted by atomic mass is 10.0. The van der Waals surface area contributed by atoms with Crippen LogP contribution in [0, 0.1) is 0 Å². The summed E-state index contributed by atoms with van der Waals surface area (Å²) in [4.78, 5) is 38.3. The Morgan fingerprint density at radius 3 is 0.795 bits per heavy atom. The SMILES string of the molecule is CC/C=C\C/C=C\C/C=C\C/C=C\C/C=C\C/C=C\C/C=C\CCCCCC(=O)OCC(COC(=O)CCCCCCCCCCCCCC)OC(=O)CCCCCCCCCCCC/C=C\C/C=C\C/C=C\C/C=C\CC. The van der Waals surface area contributed by atoms with E-state index in [-0.39, 0.29) is 31.1 Å². The van der Waals surface area contributed by atoms with Crippen molar-refractivity contribution in [2.24, 2.45) is 0 Å². The van der Waals surface area contributed by atoms with Crippen LogP contribution in [0.15, 0.2) is 134 Å². The van der Waals surface area contributed by atoms with E-state index in [1.54, 1.807) is 0 Å². The molecular formula is C72H118O6. The summed E-state index contributed by atoms with van der Waals surface area (Å²) in [6.45, 7) is 6.39. The van der Waals surface area contributed by atoms with E-state index in [4.69, 9.17) is 14.2 Å². The number of ether oxygens (including phenoxy) is 3. The molecule has 0 radical (unpaired) electrons. The van der Waals surface area contributed by atoms with Crippen LogP contribution in [0.2, 0.25) is 0 Å². The van der Waals surface area contributed by atoms with Gasteiger partial charge in [-0.15, -0.1) is 0 Å². The molecule has 442 valence electrons. The van der Waals surface area contributed by atoms with Gasteiger partial charge in [-0.2, -0.15) is 0 Å². The maximum absolute atomic E-state index is 12.9. The van der Waals surface area contributed by atoms with Crippen molar-refractivity contribution in [2.45, 2.75) is 290 Å². The number of carbonyl (C=O) groups excluding carboxylic acids is 3. The minimum Gasteiger partial charge on any atom is -0.462 e. The van der Waals surface area contributed by atoms with Crippen molar-refractivity contribution in [3.8, 4) is 0 Å². The molecule has 0 fully saturated rings. The van der Waals surface area contributed by atoms with Gasteiger partial charge in [0.1, 0.15) is 13.2 Å². The summed E-state index contributed by atoms with van der Waals surface area (Å²) in [6.07, 6.45) is 91.7. The van der Waals surface area contributed by atoms with Crippen LogP contribution < -0.4 is 0 Å². The fourth-order valence-corrected chi connectivity index (χ4v) is 8.65. The van der Waals surface area contributed by atoms with Crippen LogP contribution in [-0.4, -0.2) is 37.2 Å². The molecule has 0 aromatic rings. The van der Waals surface area contributed by atoms with Crippen molar-refractivity contribution in [3.05, 3.63) is 134 Å². The first-order valence-corrected chi connectivity index (χ1v) is 32.2. The first kappa shape index (κ1) is 73.5. The van der Waals surface area contributed by atoms with Gasteiger partial charge in [0.05, 0.1) is 0 Å². The van der Waals surface area contributed by atoms with Gasteiger partial charge < -0.3 is 14.2 Å². The lowest BCUT2D eigenvalue weighted by Crippen LogP contribution is -2.30. The van der Waals surface area contributed by atoms with E-state index in [1.807, 2.05) is 0 Å². The Bertz CT molecular complexity index is 1670. The largest absolute Gasteiger partial charge is 0.462 e. The van der Waals surface area contributed by atoms with Crippen LogP contribution in [0.5, 0.6) is 0 Å². The molecule has 0 saturated heterocycles. The summed E-state index contributed by atoms with van der Waals surface area (Å²) in [6, 6.07) is 0. The standard InChI is InChI=1S/C72H118O6/c1-4-7-10-13-16-19-22-25-27-29-31-33-35-36-38-39-41-43-45-47-50-53-56-59-62-65-71(74)77-68-69(67-76-70(73)64-61-58-55-52-49-24-21-18-15-12-9-6-3)78-72(75)66-63-60-57-54-51-48-46-44-42-40-37-34-32-30-28-26-23-20-17-14-11-8-5-2/h7-8,10-11,16-17,19-20,25-28,31-34,36,38,41,43,47,50,69H,4-6,9,12-15,18,21-24,29-30,35,37,39-40,42,44-46,48-49,51-68H2,1-3H3/b10-7-,11-8-,19-16-,20-17-,27-25-,28-26-,33-31-,34-32-,38-36-,43-41-,50-47-. The normalized spacial score (nSPS) is 13.0. The molecule has 0 aromatic heterocycles. The Kier molecular flexibility index (Phi) is 61.4. The summed E-state index contributed by atoms with van der Waals surface area (Å²) in [7, 11) is 0. The van der Waals surface area contributed by atoms with E-state index >= 15 is 0 Å². The molecule has 1 unspecified atom stereocenters. The summed E-state index contributed by atoms with van der Waals surface area (Å²) in [5.74, 6) is -0.927. The van der Waals surface area contributed by atoms with Gasteiger partial charge in [0.15, 0.2) is 6.10 Å². The predicted octanol–water partition coefficient (Wildman–Crippen LogP) is 22.2. The second-order valence-corrected chi connectivity index (χ2v) is 20.9. The Labute approximate surface area is 481 Å². The van der Waals surface area contributed by atoms with Gasteiger partial charge in [-0.25, -0.2) is 0 Å². The molecule has 1 atom stereocenters. The fraction of sp³-hybridized carbons (Fsp3) is 0.653. The molecule has 6 heteroatoms. The average Bonchev–Trinajstić information content (AvgIpc) is 3.44. The zero-order valence-corrected chi connectivity index (χ0v) is 50.6. The van der Waals surface area contributed by atoms with Gasteiger partial charge in [-0.1, -0.05) is 283 Å². The highest BCUT2D eigenvalue weighted by atomic mass is 16.6. The predicted molar refractivity (Wildman–Crippen MR) is 339 cm³/mol. The van der Waals surface area contributed by atoms with Gasteiger partial charge in [0, 0.05) is 19.3 Å². The summed E-state index contributed by atoms with van der Waals surface area (Å²) >= 11 is 0. The molecule has 0 rings (SSSR count). The van der Waals surface area contributed by atoms with E-state index < -0.39 is 6.10 Å².